The fraction of sp³-hybridized carbons (Fsp3) is 0.455. The first kappa shape index (κ1) is 10.9. The summed E-state index contributed by atoms with van der Waals surface area (Å²) < 4.78 is 4.46. The number of H-pyrrole nitrogens is 2. The predicted molar refractivity (Wildman–Crippen MR) is 72.5 cm³/mol. The summed E-state index contributed by atoms with van der Waals surface area (Å²) in [6, 6.07) is 0. The van der Waals surface area contributed by atoms with Gasteiger partial charge in [-0.25, -0.2) is 0 Å². The van der Waals surface area contributed by atoms with Crippen LogP contribution in [-0.4, -0.2) is 24.5 Å². The van der Waals surface area contributed by atoms with Crippen LogP contribution in [0.3, 0.4) is 0 Å². The Balaban J connectivity index is 2.38. The Morgan fingerprint density at radius 3 is 2.69 bits per heavy atom. The summed E-state index contributed by atoms with van der Waals surface area (Å²) in [6.07, 6.45) is 6.47. The average Bonchev–Trinajstić information content (AvgIpc) is 2.42. The van der Waals surface area contributed by atoms with Crippen LogP contribution in [-0.2, 0) is 12.8 Å². The Morgan fingerprint density at radius 2 is 1.81 bits per heavy atom. The van der Waals surface area contributed by atoms with Gasteiger partial charge in [0.15, 0.2) is 0 Å². The molecule has 0 atom stereocenters. The molecule has 0 fully saturated rings. The third-order valence-corrected chi connectivity index (χ3v) is 6.15. The maximum atomic E-state index is 5.41. The van der Waals surface area contributed by atoms with Crippen molar-refractivity contribution in [2.45, 2.75) is 32.1 Å². The zero-order chi connectivity index (χ0) is 11.1. The number of aryl methyl sites for hydroxylation is 2. The van der Waals surface area contributed by atoms with Gasteiger partial charge in [-0.3, -0.25) is 0 Å². The van der Waals surface area contributed by atoms with E-state index in [-0.39, 0.29) is 0 Å². The van der Waals surface area contributed by atoms with Gasteiger partial charge in [-0.15, -0.1) is 0 Å². The standard InChI is InChI=1S/C11H12N2S2Se/c14-9-8-6-4-2-1-3-5-7(6)16-10(8)13-11(15)12-9/h1-5H2,(H2,12,13,14,15). The van der Waals surface area contributed by atoms with Crippen molar-refractivity contribution in [3.63, 3.8) is 0 Å². The summed E-state index contributed by atoms with van der Waals surface area (Å²) in [6.45, 7) is 0. The fourth-order valence-corrected chi connectivity index (χ4v) is 5.99. The Bertz CT molecular complexity index is 650. The molecule has 1 aliphatic carbocycles. The molecule has 2 N–H and O–H groups in total. The average molecular weight is 315 g/mol. The third kappa shape index (κ3) is 1.76. The molecule has 16 heavy (non-hydrogen) atoms. The topological polar surface area (TPSA) is 31.6 Å². The van der Waals surface area contributed by atoms with E-state index in [9.17, 15) is 0 Å². The molecule has 0 spiro atoms. The normalized spacial score (nSPS) is 16.0. The van der Waals surface area contributed by atoms with Gasteiger partial charge in [0.2, 0.25) is 0 Å². The second-order valence-corrected chi connectivity index (χ2v) is 7.31. The van der Waals surface area contributed by atoms with Gasteiger partial charge in [-0.1, -0.05) is 0 Å². The Kier molecular flexibility index (Phi) is 2.88. The number of nitrogens with one attached hydrogen (secondary N) is 2. The first-order valence-corrected chi connectivity index (χ1v) is 8.05. The summed E-state index contributed by atoms with van der Waals surface area (Å²) in [5.74, 6) is 0. The first-order chi connectivity index (χ1) is 7.75. The van der Waals surface area contributed by atoms with Crippen molar-refractivity contribution in [1.82, 2.24) is 9.97 Å². The number of hydrogen-bond donors (Lipinski definition) is 2. The molecule has 2 aromatic heterocycles. The van der Waals surface area contributed by atoms with E-state index in [1.807, 2.05) is 0 Å². The second kappa shape index (κ2) is 4.22. The van der Waals surface area contributed by atoms with Gasteiger partial charge in [-0.2, -0.15) is 0 Å². The molecule has 2 nitrogen and oxygen atoms in total. The van der Waals surface area contributed by atoms with E-state index in [1.54, 1.807) is 4.44 Å². The predicted octanol–water partition coefficient (Wildman–Crippen LogP) is 3.28. The Hall–Kier alpha value is -0.221. The van der Waals surface area contributed by atoms with Crippen LogP contribution in [0.4, 0.5) is 0 Å². The molecule has 3 rings (SSSR count). The van der Waals surface area contributed by atoms with Crippen molar-refractivity contribution in [1.29, 1.82) is 0 Å². The Labute approximate surface area is 110 Å². The van der Waals surface area contributed by atoms with E-state index >= 15 is 0 Å². The number of fused-ring (bicyclic) bond motifs is 3. The molecular formula is C11H12N2S2Se. The monoisotopic (exact) mass is 316 g/mol. The zero-order valence-corrected chi connectivity index (χ0v) is 12.1. The minimum atomic E-state index is 0.436. The molecule has 0 saturated carbocycles. The summed E-state index contributed by atoms with van der Waals surface area (Å²) in [4.78, 5) is 6.36. The molecule has 84 valence electrons. The van der Waals surface area contributed by atoms with E-state index in [2.05, 4.69) is 9.97 Å². The van der Waals surface area contributed by atoms with Gasteiger partial charge >= 0.3 is 110 Å². The number of aromatic amines is 2. The zero-order valence-electron chi connectivity index (χ0n) is 8.76. The number of rotatable bonds is 0. The quantitative estimate of drug-likeness (QED) is 0.444. The SMILES string of the molecule is S=c1[nH]c(=S)c2c3c([se]c2[nH]1)CCCCC3. The van der Waals surface area contributed by atoms with Crippen molar-refractivity contribution < 1.29 is 0 Å². The summed E-state index contributed by atoms with van der Waals surface area (Å²) >= 11 is 11.0. The van der Waals surface area contributed by atoms with Gasteiger partial charge in [0.05, 0.1) is 0 Å². The molecule has 0 amide bonds. The number of hydrogen-bond acceptors (Lipinski definition) is 2. The fourth-order valence-electron chi connectivity index (χ4n) is 2.37. The summed E-state index contributed by atoms with van der Waals surface area (Å²) in [7, 11) is 0. The molecule has 5 heteroatoms. The summed E-state index contributed by atoms with van der Waals surface area (Å²) in [5, 5.41) is 1.28. The van der Waals surface area contributed by atoms with Crippen molar-refractivity contribution in [3.05, 3.63) is 19.4 Å². The third-order valence-electron chi connectivity index (χ3n) is 3.10. The van der Waals surface area contributed by atoms with Gasteiger partial charge in [0.1, 0.15) is 0 Å². The van der Waals surface area contributed by atoms with Crippen molar-refractivity contribution in [3.8, 4) is 0 Å². The van der Waals surface area contributed by atoms with Crippen LogP contribution >= 0.6 is 24.4 Å². The van der Waals surface area contributed by atoms with Crippen LogP contribution in [0.5, 0.6) is 0 Å². The second-order valence-electron chi connectivity index (χ2n) is 4.18. The first-order valence-electron chi connectivity index (χ1n) is 5.52. The molecule has 0 radical (unpaired) electrons. The Morgan fingerprint density at radius 1 is 1.00 bits per heavy atom. The van der Waals surface area contributed by atoms with Crippen LogP contribution in [0.1, 0.15) is 29.3 Å². The molecule has 0 aliphatic heterocycles. The van der Waals surface area contributed by atoms with Crippen LogP contribution < -0.4 is 0 Å². The van der Waals surface area contributed by atoms with Gasteiger partial charge in [-0.05, 0) is 0 Å². The molecular weight excluding hydrogens is 303 g/mol. The maximum absolute atomic E-state index is 5.41. The van der Waals surface area contributed by atoms with Gasteiger partial charge < -0.3 is 0 Å². The van der Waals surface area contributed by atoms with Crippen LogP contribution in [0.2, 0.25) is 0 Å². The van der Waals surface area contributed by atoms with Gasteiger partial charge in [0.25, 0.3) is 0 Å². The molecule has 0 unspecified atom stereocenters. The molecule has 2 heterocycles. The minimum absolute atomic E-state index is 0.436. The van der Waals surface area contributed by atoms with Crippen LogP contribution in [0, 0.1) is 9.41 Å². The van der Waals surface area contributed by atoms with Crippen molar-refractivity contribution >= 4 is 48.7 Å². The van der Waals surface area contributed by atoms with E-state index in [4.69, 9.17) is 24.4 Å². The molecule has 2 aromatic rings. The number of aromatic nitrogens is 2. The van der Waals surface area contributed by atoms with E-state index in [1.165, 1.54) is 47.4 Å². The van der Waals surface area contributed by atoms with Crippen LogP contribution in [0.25, 0.3) is 9.78 Å². The van der Waals surface area contributed by atoms with Gasteiger partial charge in [0, 0.05) is 0 Å². The van der Waals surface area contributed by atoms with E-state index in [0.717, 1.165) is 4.64 Å². The van der Waals surface area contributed by atoms with E-state index < -0.39 is 0 Å². The molecule has 0 aromatic carbocycles. The molecule has 1 aliphatic rings. The molecule has 0 saturated heterocycles. The van der Waals surface area contributed by atoms with Crippen LogP contribution in [0.15, 0.2) is 0 Å². The van der Waals surface area contributed by atoms with Crippen molar-refractivity contribution in [2.75, 3.05) is 0 Å². The van der Waals surface area contributed by atoms with E-state index in [0.29, 0.717) is 19.3 Å². The summed E-state index contributed by atoms with van der Waals surface area (Å²) in [5.41, 5.74) is 1.53. The molecule has 0 bridgehead atoms. The van der Waals surface area contributed by atoms with Crippen molar-refractivity contribution in [2.24, 2.45) is 0 Å².